The first-order valence-corrected chi connectivity index (χ1v) is 12.8. The number of rotatable bonds is 22. The molecule has 0 spiro atoms. The van der Waals surface area contributed by atoms with Crippen LogP contribution < -0.4 is 0 Å². The number of hydrogen-bond donors (Lipinski definition) is 3. The number of hydrogen-bond acceptors (Lipinski definition) is 5. The molecule has 0 aromatic rings. The number of aliphatic hydroxyl groups is 3. The maximum atomic E-state index is 12.2. The minimum Gasteiger partial charge on any atom is -0.461 e. The highest BCUT2D eigenvalue weighted by Crippen LogP contribution is 2.27. The van der Waals surface area contributed by atoms with Crippen molar-refractivity contribution in [2.24, 2.45) is 5.41 Å². The second-order valence-corrected chi connectivity index (χ2v) is 8.94. The monoisotopic (exact) mass is 442 g/mol. The Labute approximate surface area is 191 Å². The largest absolute Gasteiger partial charge is 0.461 e. The highest BCUT2D eigenvalue weighted by molar-refractivity contribution is 5.69. The Kier molecular flexibility index (Phi) is 20.3. The summed E-state index contributed by atoms with van der Waals surface area (Å²) in [6.07, 6.45) is 21.3. The number of ether oxygens (including phenoxy) is 1. The quantitative estimate of drug-likeness (QED) is 0.114. The summed E-state index contributed by atoms with van der Waals surface area (Å²) in [6, 6.07) is 0. The van der Waals surface area contributed by atoms with Gasteiger partial charge in [-0.1, -0.05) is 83.8 Å². The average molecular weight is 443 g/mol. The summed E-state index contributed by atoms with van der Waals surface area (Å²) in [6.45, 7) is 2.96. The molecule has 0 amide bonds. The summed E-state index contributed by atoms with van der Waals surface area (Å²) < 4.78 is 5.52. The summed E-state index contributed by atoms with van der Waals surface area (Å²) in [5.41, 5.74) is -1.17. The van der Waals surface area contributed by atoms with E-state index in [1.165, 1.54) is 57.8 Å². The van der Waals surface area contributed by atoms with E-state index in [1.54, 1.807) is 0 Å². The molecular formula is C26H50O5. The van der Waals surface area contributed by atoms with Crippen LogP contribution >= 0.6 is 0 Å². The second kappa shape index (κ2) is 21.0. The van der Waals surface area contributed by atoms with Crippen molar-refractivity contribution in [3.05, 3.63) is 12.2 Å². The number of esters is 1. The van der Waals surface area contributed by atoms with Crippen LogP contribution in [-0.4, -0.2) is 47.2 Å². The molecule has 0 aliphatic rings. The SMILES string of the molecule is CCCCCCCC/C=C\CCCCCCCC(=O)OC(CCC)C(CO)(CO)CO. The first-order valence-electron chi connectivity index (χ1n) is 12.8. The van der Waals surface area contributed by atoms with E-state index in [0.29, 0.717) is 12.8 Å². The molecule has 0 radical (unpaired) electrons. The molecule has 0 bridgehead atoms. The fourth-order valence-corrected chi connectivity index (χ4v) is 3.77. The van der Waals surface area contributed by atoms with Gasteiger partial charge in [0.2, 0.25) is 0 Å². The Morgan fingerprint density at radius 1 is 0.742 bits per heavy atom. The molecule has 5 nitrogen and oxygen atoms in total. The zero-order valence-electron chi connectivity index (χ0n) is 20.3. The molecule has 0 aromatic heterocycles. The molecule has 0 aromatic carbocycles. The highest BCUT2D eigenvalue weighted by atomic mass is 16.5. The van der Waals surface area contributed by atoms with Crippen LogP contribution in [-0.2, 0) is 9.53 Å². The lowest BCUT2D eigenvalue weighted by Crippen LogP contribution is -2.47. The van der Waals surface area contributed by atoms with Crippen LogP contribution in [0.4, 0.5) is 0 Å². The molecule has 0 heterocycles. The first-order chi connectivity index (χ1) is 15.1. The maximum absolute atomic E-state index is 12.2. The summed E-state index contributed by atoms with van der Waals surface area (Å²) in [7, 11) is 0. The van der Waals surface area contributed by atoms with E-state index in [9.17, 15) is 20.1 Å². The maximum Gasteiger partial charge on any atom is 0.306 e. The van der Waals surface area contributed by atoms with Gasteiger partial charge < -0.3 is 20.1 Å². The van der Waals surface area contributed by atoms with Gasteiger partial charge in [0.05, 0.1) is 25.2 Å². The Balaban J connectivity index is 3.79. The van der Waals surface area contributed by atoms with Crippen molar-refractivity contribution < 1.29 is 24.9 Å². The van der Waals surface area contributed by atoms with Crippen molar-refractivity contribution >= 4 is 5.97 Å². The molecule has 31 heavy (non-hydrogen) atoms. The van der Waals surface area contributed by atoms with Gasteiger partial charge in [-0.3, -0.25) is 4.79 Å². The predicted octanol–water partition coefficient (Wildman–Crippen LogP) is 5.70. The van der Waals surface area contributed by atoms with Gasteiger partial charge in [-0.15, -0.1) is 0 Å². The van der Waals surface area contributed by atoms with Gasteiger partial charge in [0.1, 0.15) is 6.10 Å². The van der Waals surface area contributed by atoms with Gasteiger partial charge >= 0.3 is 5.97 Å². The lowest BCUT2D eigenvalue weighted by atomic mass is 9.82. The van der Waals surface area contributed by atoms with E-state index in [1.807, 2.05) is 6.92 Å². The van der Waals surface area contributed by atoms with Gasteiger partial charge in [0, 0.05) is 6.42 Å². The summed E-state index contributed by atoms with van der Waals surface area (Å²) in [4.78, 5) is 12.2. The van der Waals surface area contributed by atoms with Gasteiger partial charge in [-0.2, -0.15) is 0 Å². The van der Waals surface area contributed by atoms with Crippen LogP contribution in [0.5, 0.6) is 0 Å². The summed E-state index contributed by atoms with van der Waals surface area (Å²) in [5.74, 6) is -0.309. The minimum atomic E-state index is -1.17. The fraction of sp³-hybridized carbons (Fsp3) is 0.885. The third-order valence-electron chi connectivity index (χ3n) is 6.09. The van der Waals surface area contributed by atoms with Crippen molar-refractivity contribution in [2.75, 3.05) is 19.8 Å². The van der Waals surface area contributed by atoms with Crippen LogP contribution in [0.25, 0.3) is 0 Å². The molecule has 3 N–H and O–H groups in total. The average Bonchev–Trinajstić information content (AvgIpc) is 2.78. The van der Waals surface area contributed by atoms with Crippen LogP contribution in [0.3, 0.4) is 0 Å². The van der Waals surface area contributed by atoms with Gasteiger partial charge in [0.15, 0.2) is 0 Å². The Hall–Kier alpha value is -0.910. The number of aliphatic hydroxyl groups excluding tert-OH is 3. The molecule has 5 heteroatoms. The highest BCUT2D eigenvalue weighted by Gasteiger charge is 2.39. The van der Waals surface area contributed by atoms with Gasteiger partial charge in [-0.25, -0.2) is 0 Å². The third-order valence-corrected chi connectivity index (χ3v) is 6.09. The lowest BCUT2D eigenvalue weighted by molar-refractivity contribution is -0.166. The van der Waals surface area contributed by atoms with Crippen LogP contribution in [0.15, 0.2) is 12.2 Å². The van der Waals surface area contributed by atoms with Crippen molar-refractivity contribution in [3.8, 4) is 0 Å². The number of carbonyl (C=O) groups is 1. The van der Waals surface area contributed by atoms with Gasteiger partial charge in [0.25, 0.3) is 0 Å². The lowest BCUT2D eigenvalue weighted by Gasteiger charge is -2.35. The van der Waals surface area contributed by atoms with Gasteiger partial charge in [-0.05, 0) is 38.5 Å². The van der Waals surface area contributed by atoms with Crippen molar-refractivity contribution in [1.29, 1.82) is 0 Å². The minimum absolute atomic E-state index is 0.309. The second-order valence-electron chi connectivity index (χ2n) is 8.94. The molecule has 0 aliphatic carbocycles. The molecule has 0 rings (SSSR count). The van der Waals surface area contributed by atoms with E-state index < -0.39 is 31.3 Å². The Bertz CT molecular complexity index is 423. The van der Waals surface area contributed by atoms with Crippen LogP contribution in [0, 0.1) is 5.41 Å². The van der Waals surface area contributed by atoms with E-state index >= 15 is 0 Å². The molecule has 0 saturated carbocycles. The predicted molar refractivity (Wildman–Crippen MR) is 128 cm³/mol. The number of allylic oxidation sites excluding steroid dienone is 2. The molecule has 1 atom stereocenters. The first kappa shape index (κ1) is 30.1. The Morgan fingerprint density at radius 2 is 1.23 bits per heavy atom. The zero-order valence-corrected chi connectivity index (χ0v) is 20.3. The van der Waals surface area contributed by atoms with E-state index in [4.69, 9.17) is 4.74 Å². The normalized spacial score (nSPS) is 13.1. The van der Waals surface area contributed by atoms with Crippen molar-refractivity contribution in [2.45, 2.75) is 123 Å². The fourth-order valence-electron chi connectivity index (χ4n) is 3.77. The van der Waals surface area contributed by atoms with E-state index in [2.05, 4.69) is 19.1 Å². The summed E-state index contributed by atoms with van der Waals surface area (Å²) in [5, 5.41) is 28.8. The van der Waals surface area contributed by atoms with E-state index in [0.717, 1.165) is 32.1 Å². The smallest absolute Gasteiger partial charge is 0.306 e. The molecule has 0 saturated heterocycles. The molecule has 1 unspecified atom stereocenters. The number of unbranched alkanes of at least 4 members (excludes halogenated alkanes) is 11. The van der Waals surface area contributed by atoms with E-state index in [-0.39, 0.29) is 5.97 Å². The van der Waals surface area contributed by atoms with Crippen molar-refractivity contribution in [3.63, 3.8) is 0 Å². The number of carbonyl (C=O) groups excluding carboxylic acids is 1. The molecule has 0 fully saturated rings. The standard InChI is InChI=1S/C26H50O5/c1-3-5-6-7-8-9-10-11-12-13-14-15-16-17-18-20-25(30)31-24(19-4-2)26(21-27,22-28)23-29/h11-12,24,27-29H,3-10,13-23H2,1-2H3/b12-11-. The third kappa shape index (κ3) is 14.7. The van der Waals surface area contributed by atoms with Crippen LogP contribution in [0.2, 0.25) is 0 Å². The zero-order chi connectivity index (χ0) is 23.2. The molecule has 184 valence electrons. The van der Waals surface area contributed by atoms with Crippen molar-refractivity contribution in [1.82, 2.24) is 0 Å². The molecule has 0 aliphatic heterocycles. The molecular weight excluding hydrogens is 392 g/mol. The topological polar surface area (TPSA) is 87.0 Å². The Morgan fingerprint density at radius 3 is 1.71 bits per heavy atom. The van der Waals surface area contributed by atoms with Crippen LogP contribution in [0.1, 0.15) is 117 Å². The summed E-state index contributed by atoms with van der Waals surface area (Å²) >= 11 is 0.